The lowest BCUT2D eigenvalue weighted by molar-refractivity contribution is -0.145. The Morgan fingerprint density at radius 1 is 1.14 bits per heavy atom. The van der Waals surface area contributed by atoms with Gasteiger partial charge in [-0.05, 0) is 70.4 Å². The monoisotopic (exact) mass is 756 g/mol. The molecule has 1 spiro atoms. The van der Waals surface area contributed by atoms with Crippen molar-refractivity contribution in [3.8, 4) is 0 Å². The lowest BCUT2D eigenvalue weighted by Crippen LogP contribution is -2.59. The van der Waals surface area contributed by atoms with E-state index in [1.165, 1.54) is 4.90 Å². The Kier molecular flexibility index (Phi) is 11.1. The number of likely N-dealkylation sites (tertiary alicyclic amines) is 1. The van der Waals surface area contributed by atoms with Crippen LogP contribution in [0.1, 0.15) is 70.9 Å². The normalized spacial score (nSPS) is 21.4. The number of Topliss-reactive ketones (excluding diaryl/α,β-unsaturated/α-hetero) is 1. The van der Waals surface area contributed by atoms with E-state index in [0.717, 1.165) is 22.9 Å². The van der Waals surface area contributed by atoms with Crippen molar-refractivity contribution in [1.29, 1.82) is 0 Å². The molecule has 0 unspecified atom stereocenters. The van der Waals surface area contributed by atoms with Gasteiger partial charge in [0.2, 0.25) is 23.5 Å². The van der Waals surface area contributed by atoms with Gasteiger partial charge in [-0.1, -0.05) is 57.8 Å². The van der Waals surface area contributed by atoms with Crippen molar-refractivity contribution in [2.75, 3.05) is 6.54 Å². The lowest BCUT2D eigenvalue weighted by Gasteiger charge is -2.35. The number of pyridine rings is 1. The summed E-state index contributed by atoms with van der Waals surface area (Å²) in [6, 6.07) is 5.76. The van der Waals surface area contributed by atoms with Crippen LogP contribution >= 0.6 is 27.5 Å². The molecule has 1 aromatic heterocycles. The van der Waals surface area contributed by atoms with Crippen LogP contribution in [0.25, 0.3) is 5.70 Å². The van der Waals surface area contributed by atoms with E-state index in [1.807, 2.05) is 39.8 Å². The molecule has 49 heavy (non-hydrogen) atoms. The van der Waals surface area contributed by atoms with E-state index in [1.54, 1.807) is 36.7 Å². The van der Waals surface area contributed by atoms with Gasteiger partial charge < -0.3 is 20.9 Å². The van der Waals surface area contributed by atoms with Crippen LogP contribution in [-0.4, -0.2) is 75.6 Å². The molecule has 1 aromatic carbocycles. The van der Waals surface area contributed by atoms with Gasteiger partial charge in [0.25, 0.3) is 5.91 Å². The first-order chi connectivity index (χ1) is 23.2. The molecule has 5 rings (SSSR count). The van der Waals surface area contributed by atoms with E-state index in [2.05, 4.69) is 42.3 Å². The Morgan fingerprint density at radius 2 is 1.90 bits per heavy atom. The van der Waals surface area contributed by atoms with Gasteiger partial charge in [-0.15, -0.1) is 0 Å². The highest BCUT2D eigenvalue weighted by Crippen LogP contribution is 2.39. The Labute approximate surface area is 299 Å². The van der Waals surface area contributed by atoms with Gasteiger partial charge in [0, 0.05) is 39.9 Å². The molecule has 1 aliphatic carbocycles. The molecule has 2 aromatic rings. The summed E-state index contributed by atoms with van der Waals surface area (Å²) in [7, 11) is 0. The van der Waals surface area contributed by atoms with E-state index >= 15 is 0 Å². The van der Waals surface area contributed by atoms with E-state index in [0.29, 0.717) is 22.7 Å². The van der Waals surface area contributed by atoms with Crippen LogP contribution in [0.15, 0.2) is 53.3 Å². The lowest BCUT2D eigenvalue weighted by atomic mass is 9.85. The summed E-state index contributed by atoms with van der Waals surface area (Å²) >= 11 is 9.60. The van der Waals surface area contributed by atoms with Crippen LogP contribution in [0.2, 0.25) is 5.02 Å². The van der Waals surface area contributed by atoms with Gasteiger partial charge in [-0.3, -0.25) is 39.3 Å². The van der Waals surface area contributed by atoms with Crippen molar-refractivity contribution in [3.05, 3.63) is 69.4 Å². The first kappa shape index (κ1) is 36.5. The smallest absolute Gasteiger partial charge is 0.289 e. The minimum atomic E-state index is -1.11. The van der Waals surface area contributed by atoms with Crippen molar-refractivity contribution in [1.82, 2.24) is 31.3 Å². The Bertz CT molecular complexity index is 1660. The maximum Gasteiger partial charge on any atom is 0.289 e. The minimum absolute atomic E-state index is 0.0113. The third-order valence-corrected chi connectivity index (χ3v) is 9.41. The van der Waals surface area contributed by atoms with Gasteiger partial charge >= 0.3 is 0 Å². The van der Waals surface area contributed by atoms with Crippen molar-refractivity contribution < 1.29 is 28.8 Å². The summed E-state index contributed by atoms with van der Waals surface area (Å²) in [4.78, 5) is 79.4. The Hall–Kier alpha value is -3.81. The molecule has 0 radical (unpaired) electrons. The zero-order chi connectivity index (χ0) is 35.5. The number of hydrogen-bond donors (Lipinski definition) is 4. The van der Waals surface area contributed by atoms with E-state index in [9.17, 15) is 24.0 Å². The van der Waals surface area contributed by atoms with Crippen LogP contribution in [-0.2, 0) is 35.2 Å². The van der Waals surface area contributed by atoms with E-state index in [-0.39, 0.29) is 37.8 Å². The van der Waals surface area contributed by atoms with E-state index < -0.39 is 52.6 Å². The molecule has 4 N–H and O–H groups in total. The molecular weight excluding hydrogens is 716 g/mol. The minimum Gasteiger partial charge on any atom is -0.347 e. The largest absolute Gasteiger partial charge is 0.347 e. The fourth-order valence-corrected chi connectivity index (χ4v) is 6.66. The summed E-state index contributed by atoms with van der Waals surface area (Å²) in [5.74, 6) is -2.92. The standard InChI is InChI=1S/C35H42BrClN6O6/c1-5-7-25(29(45)32(47)39-24-10-11-24)40-31(46)27-16-35(15-26(42-49-35)21-8-6-9-23(37)14-21)19-43(27)33(48)30(34(2,3)4)41-28(44)13-20-12-22(36)18-38-17-20/h6,8-9,12,14-15,17-18,24-25,27,30,42H,5,7,10-11,13,16,19H2,1-4H3,(H,39,47)(H,40,46)(H,41,44)/t25-,27-,30+,35+/m0/s1. The second kappa shape index (κ2) is 15.0. The van der Waals surface area contributed by atoms with Gasteiger partial charge in [0.1, 0.15) is 17.7 Å². The van der Waals surface area contributed by atoms with Gasteiger partial charge in [-0.2, -0.15) is 0 Å². The van der Waals surface area contributed by atoms with Crippen LogP contribution in [0.3, 0.4) is 0 Å². The molecular formula is C35H42BrClN6O6. The molecule has 2 fully saturated rings. The number of carbonyl (C=O) groups is 5. The average molecular weight is 758 g/mol. The number of ketones is 1. The maximum absolute atomic E-state index is 14.5. The van der Waals surface area contributed by atoms with E-state index in [4.69, 9.17) is 16.4 Å². The number of hydrogen-bond acceptors (Lipinski definition) is 8. The van der Waals surface area contributed by atoms with Crippen LogP contribution < -0.4 is 21.4 Å². The number of rotatable bonds is 12. The Balaban J connectivity index is 1.42. The van der Waals surface area contributed by atoms with Crippen LogP contribution in [0, 0.1) is 5.41 Å². The number of aromatic nitrogens is 1. The molecule has 4 amide bonds. The second-order valence-electron chi connectivity index (χ2n) is 14.0. The topological polar surface area (TPSA) is 159 Å². The number of benzene rings is 1. The quantitative estimate of drug-likeness (QED) is 0.239. The number of nitrogens with zero attached hydrogens (tertiary/aromatic N) is 2. The molecule has 14 heteroatoms. The Morgan fingerprint density at radius 3 is 2.55 bits per heavy atom. The van der Waals surface area contributed by atoms with Gasteiger partial charge in [0.15, 0.2) is 0 Å². The summed E-state index contributed by atoms with van der Waals surface area (Å²) in [6.07, 6.45) is 7.47. The number of hydroxylamine groups is 1. The first-order valence-electron chi connectivity index (χ1n) is 16.4. The summed E-state index contributed by atoms with van der Waals surface area (Å²) < 4.78 is 0.720. The highest BCUT2D eigenvalue weighted by Gasteiger charge is 2.54. The predicted octanol–water partition coefficient (Wildman–Crippen LogP) is 3.62. The maximum atomic E-state index is 14.5. The van der Waals surface area contributed by atoms with Crippen molar-refractivity contribution in [3.63, 3.8) is 0 Å². The molecule has 3 aliphatic rings. The predicted molar refractivity (Wildman–Crippen MR) is 187 cm³/mol. The van der Waals surface area contributed by atoms with Crippen molar-refractivity contribution in [2.45, 2.75) is 96.0 Å². The zero-order valence-corrected chi connectivity index (χ0v) is 30.3. The fourth-order valence-electron chi connectivity index (χ4n) is 6.05. The molecule has 2 aliphatic heterocycles. The zero-order valence-electron chi connectivity index (χ0n) is 28.0. The number of halogens is 2. The molecule has 262 valence electrons. The fraction of sp³-hybridized carbons (Fsp3) is 0.486. The third-order valence-electron chi connectivity index (χ3n) is 8.74. The van der Waals surface area contributed by atoms with Crippen molar-refractivity contribution >= 4 is 62.6 Å². The van der Waals surface area contributed by atoms with Crippen molar-refractivity contribution in [2.24, 2.45) is 5.41 Å². The number of nitrogens with one attached hydrogen (secondary N) is 4. The third kappa shape index (κ3) is 9.06. The highest BCUT2D eigenvalue weighted by atomic mass is 79.9. The van der Waals surface area contributed by atoms with Crippen LogP contribution in [0.5, 0.6) is 0 Å². The number of carbonyl (C=O) groups excluding carboxylic acids is 5. The summed E-state index contributed by atoms with van der Waals surface area (Å²) in [5.41, 5.74) is 3.11. The summed E-state index contributed by atoms with van der Waals surface area (Å²) in [5, 5.41) is 8.91. The first-order valence-corrected chi connectivity index (χ1v) is 17.6. The highest BCUT2D eigenvalue weighted by molar-refractivity contribution is 9.10. The second-order valence-corrected chi connectivity index (χ2v) is 15.4. The molecule has 1 saturated heterocycles. The van der Waals surface area contributed by atoms with Gasteiger partial charge in [-0.25, -0.2) is 0 Å². The molecule has 1 saturated carbocycles. The van der Waals surface area contributed by atoms with Gasteiger partial charge in [0.05, 0.1) is 24.7 Å². The molecule has 0 bridgehead atoms. The number of amides is 4. The summed E-state index contributed by atoms with van der Waals surface area (Å²) in [6.45, 7) is 7.32. The molecule has 4 atom stereocenters. The van der Waals surface area contributed by atoms with Crippen LogP contribution in [0.4, 0.5) is 0 Å². The average Bonchev–Trinajstić information content (AvgIpc) is 3.63. The molecule has 3 heterocycles. The SMILES string of the molecule is CCC[C@H](NC(=O)[C@@H]1C[C@]2(C=C(c3cccc(Cl)c3)NO2)CN1C(=O)[C@@H](NC(=O)Cc1cncc(Br)c1)C(C)(C)C)C(=O)C(=O)NC1CC1. The molecule has 12 nitrogen and oxygen atoms in total.